The van der Waals surface area contributed by atoms with Crippen LogP contribution in [-0.2, 0) is 46.3 Å². The predicted molar refractivity (Wildman–Crippen MR) is 297 cm³/mol. The van der Waals surface area contributed by atoms with Gasteiger partial charge >= 0.3 is 27.6 Å². The monoisotopic (exact) mass is 1080 g/mol. The third-order valence-electron chi connectivity index (χ3n) is 11.0. The standard InChI is InChI=1S/C57H98O15P2/c1-3-5-7-9-11-13-15-17-19-21-23-25-27-29-31-33-35-37-39-41-43-45-56(61)67-47-53(58)49-69-73(63,64)71-51-55(60)52-72-74(65,66)70-50-54(59)48-68-57(62)46-44-42-40-38-36-34-32-30-28-26-24-22-20-18-16-14-12-10-8-6-4-2/h5,7,11-14,17-20,23-26,29,31,53-55,58-60H,3-4,6,8-10,15-16,21-22,27-28,30,32-52H2,1-2H3,(H,63,64)(H,65,66)/b7-5-,13-11-,14-12-,19-17-,20-18-,25-23-,26-24-,31-29-. The van der Waals surface area contributed by atoms with Gasteiger partial charge in [0, 0.05) is 12.8 Å². The summed E-state index contributed by atoms with van der Waals surface area (Å²) in [5, 5.41) is 30.1. The van der Waals surface area contributed by atoms with E-state index in [-0.39, 0.29) is 12.8 Å². The van der Waals surface area contributed by atoms with Gasteiger partial charge in [-0.1, -0.05) is 182 Å². The van der Waals surface area contributed by atoms with E-state index >= 15 is 0 Å². The maximum Gasteiger partial charge on any atom is 0.472 e. The molecule has 0 saturated heterocycles. The molecule has 0 aromatic heterocycles. The number of ether oxygens (including phenoxy) is 2. The zero-order valence-electron chi connectivity index (χ0n) is 45.2. The first kappa shape index (κ1) is 71.0. The van der Waals surface area contributed by atoms with Crippen LogP contribution in [-0.4, -0.2) is 95.0 Å². The summed E-state index contributed by atoms with van der Waals surface area (Å²) in [5.41, 5.74) is 0. The molecular formula is C57H98O15P2. The molecule has 0 amide bonds. The van der Waals surface area contributed by atoms with Crippen molar-refractivity contribution in [1.29, 1.82) is 0 Å². The van der Waals surface area contributed by atoms with Crippen LogP contribution in [0.1, 0.15) is 194 Å². The number of aliphatic hydroxyl groups is 3. The van der Waals surface area contributed by atoms with Gasteiger partial charge in [-0.15, -0.1) is 0 Å². The van der Waals surface area contributed by atoms with Gasteiger partial charge in [0.25, 0.3) is 0 Å². The van der Waals surface area contributed by atoms with Gasteiger partial charge in [0.1, 0.15) is 31.5 Å². The fourth-order valence-electron chi connectivity index (χ4n) is 6.77. The zero-order chi connectivity index (χ0) is 54.5. The number of esters is 2. The van der Waals surface area contributed by atoms with Crippen molar-refractivity contribution in [2.45, 2.75) is 212 Å². The fourth-order valence-corrected chi connectivity index (χ4v) is 8.37. The highest BCUT2D eigenvalue weighted by atomic mass is 31.2. The molecule has 0 aliphatic heterocycles. The van der Waals surface area contributed by atoms with Crippen molar-refractivity contribution in [2.75, 3.05) is 39.6 Å². The van der Waals surface area contributed by atoms with Gasteiger partial charge < -0.3 is 34.6 Å². The third-order valence-corrected chi connectivity index (χ3v) is 12.9. The first-order valence-electron chi connectivity index (χ1n) is 27.6. The SMILES string of the molecule is CC/C=C\C/C=C\C/C=C\C/C=C\C/C=C\CCCCCCCC(=O)OCC(O)COP(=O)(O)OCC(O)COP(=O)(O)OCC(O)COC(=O)CCCCCCCCCC/C=C\C/C=C\C/C=C\CCCCC. The Hall–Kier alpha value is -3.04. The highest BCUT2D eigenvalue weighted by molar-refractivity contribution is 7.47. The van der Waals surface area contributed by atoms with E-state index in [4.69, 9.17) is 18.5 Å². The van der Waals surface area contributed by atoms with Crippen molar-refractivity contribution in [3.8, 4) is 0 Å². The molecular weight excluding hydrogens is 987 g/mol. The minimum atomic E-state index is -4.80. The summed E-state index contributed by atoms with van der Waals surface area (Å²) >= 11 is 0. The highest BCUT2D eigenvalue weighted by Gasteiger charge is 2.28. The van der Waals surface area contributed by atoms with E-state index in [1.165, 1.54) is 44.9 Å². The van der Waals surface area contributed by atoms with Crippen LogP contribution in [0, 0.1) is 0 Å². The molecule has 0 aromatic carbocycles. The summed E-state index contributed by atoms with van der Waals surface area (Å²) in [4.78, 5) is 43.9. The molecule has 5 unspecified atom stereocenters. The Morgan fingerprint density at radius 2 is 0.622 bits per heavy atom. The summed E-state index contributed by atoms with van der Waals surface area (Å²) in [7, 11) is -9.60. The van der Waals surface area contributed by atoms with Gasteiger partial charge in [-0.25, -0.2) is 9.13 Å². The van der Waals surface area contributed by atoms with Crippen molar-refractivity contribution >= 4 is 27.6 Å². The van der Waals surface area contributed by atoms with Crippen LogP contribution in [0.2, 0.25) is 0 Å². The maximum atomic E-state index is 12.2. The summed E-state index contributed by atoms with van der Waals surface area (Å²) in [6.45, 7) is 0.251. The van der Waals surface area contributed by atoms with Gasteiger partial charge in [-0.3, -0.25) is 27.7 Å². The van der Waals surface area contributed by atoms with E-state index in [9.17, 15) is 43.8 Å². The van der Waals surface area contributed by atoms with Crippen LogP contribution in [0.3, 0.4) is 0 Å². The zero-order valence-corrected chi connectivity index (χ0v) is 47.0. The molecule has 17 heteroatoms. The quantitative estimate of drug-likeness (QED) is 0.0165. The largest absolute Gasteiger partial charge is 0.472 e. The van der Waals surface area contributed by atoms with Gasteiger partial charge in [0.15, 0.2) is 0 Å². The Kier molecular flexibility index (Phi) is 49.9. The summed E-state index contributed by atoms with van der Waals surface area (Å²) in [5.74, 6) is -1.02. The molecule has 0 rings (SSSR count). The van der Waals surface area contributed by atoms with E-state index in [1.54, 1.807) is 0 Å². The van der Waals surface area contributed by atoms with Gasteiger partial charge in [-0.2, -0.15) is 0 Å². The average Bonchev–Trinajstić information content (AvgIpc) is 3.38. The average molecular weight is 1090 g/mol. The van der Waals surface area contributed by atoms with Gasteiger partial charge in [0.2, 0.25) is 0 Å². The van der Waals surface area contributed by atoms with Crippen molar-refractivity contribution in [1.82, 2.24) is 0 Å². The van der Waals surface area contributed by atoms with Crippen molar-refractivity contribution in [2.24, 2.45) is 0 Å². The molecule has 0 fully saturated rings. The Morgan fingerprint density at radius 3 is 0.932 bits per heavy atom. The topological polar surface area (TPSA) is 225 Å². The Balaban J connectivity index is 3.88. The number of unbranched alkanes of at least 4 members (excludes halogenated alkanes) is 16. The molecule has 0 heterocycles. The molecule has 0 radical (unpaired) electrons. The third kappa shape index (κ3) is 53.8. The van der Waals surface area contributed by atoms with Gasteiger partial charge in [-0.05, 0) is 96.3 Å². The number of phosphoric acid groups is 2. The van der Waals surface area contributed by atoms with Crippen molar-refractivity contribution in [3.63, 3.8) is 0 Å². The predicted octanol–water partition coefficient (Wildman–Crippen LogP) is 13.8. The molecule has 5 atom stereocenters. The van der Waals surface area contributed by atoms with Gasteiger partial charge in [0.05, 0.1) is 26.4 Å². The van der Waals surface area contributed by atoms with E-state index < -0.39 is 85.5 Å². The molecule has 15 nitrogen and oxygen atoms in total. The smallest absolute Gasteiger partial charge is 0.463 e. The molecule has 0 spiro atoms. The molecule has 5 N–H and O–H groups in total. The minimum absolute atomic E-state index is 0.170. The number of rotatable bonds is 52. The van der Waals surface area contributed by atoms with Crippen LogP contribution < -0.4 is 0 Å². The van der Waals surface area contributed by atoms with Crippen LogP contribution in [0.15, 0.2) is 97.2 Å². The second-order valence-corrected chi connectivity index (χ2v) is 21.1. The number of phosphoric ester groups is 2. The lowest BCUT2D eigenvalue weighted by molar-refractivity contribution is -0.148. The number of carbonyl (C=O) groups is 2. The van der Waals surface area contributed by atoms with E-state index in [0.717, 1.165) is 109 Å². The molecule has 0 saturated carbocycles. The van der Waals surface area contributed by atoms with Crippen LogP contribution in [0.4, 0.5) is 0 Å². The second-order valence-electron chi connectivity index (χ2n) is 18.2. The summed E-state index contributed by atoms with van der Waals surface area (Å²) in [6.07, 6.45) is 58.1. The number of aliphatic hydroxyl groups excluding tert-OH is 3. The summed E-state index contributed by atoms with van der Waals surface area (Å²) in [6, 6.07) is 0. The first-order chi connectivity index (χ1) is 35.8. The lowest BCUT2D eigenvalue weighted by atomic mass is 10.1. The maximum absolute atomic E-state index is 12.2. The van der Waals surface area contributed by atoms with E-state index in [0.29, 0.717) is 12.8 Å². The normalized spacial score (nSPS) is 15.5. The first-order valence-corrected chi connectivity index (χ1v) is 30.6. The Bertz CT molecular complexity index is 1690. The fraction of sp³-hybridized carbons (Fsp3) is 0.684. The Morgan fingerprint density at radius 1 is 0.365 bits per heavy atom. The number of carbonyl (C=O) groups excluding carboxylic acids is 2. The van der Waals surface area contributed by atoms with Crippen LogP contribution in [0.25, 0.3) is 0 Å². The lowest BCUT2D eigenvalue weighted by Crippen LogP contribution is -2.25. The van der Waals surface area contributed by atoms with Crippen LogP contribution >= 0.6 is 15.6 Å². The van der Waals surface area contributed by atoms with E-state index in [2.05, 4.69) is 120 Å². The van der Waals surface area contributed by atoms with Crippen LogP contribution in [0.5, 0.6) is 0 Å². The Labute approximate surface area is 446 Å². The minimum Gasteiger partial charge on any atom is -0.463 e. The molecule has 426 valence electrons. The summed E-state index contributed by atoms with van der Waals surface area (Å²) < 4.78 is 53.2. The molecule has 0 aliphatic carbocycles. The molecule has 0 aliphatic rings. The molecule has 0 aromatic rings. The number of hydrogen-bond acceptors (Lipinski definition) is 13. The van der Waals surface area contributed by atoms with Crippen molar-refractivity contribution < 1.29 is 71.4 Å². The molecule has 74 heavy (non-hydrogen) atoms. The number of hydrogen-bond donors (Lipinski definition) is 5. The van der Waals surface area contributed by atoms with Crippen molar-refractivity contribution in [3.05, 3.63) is 97.2 Å². The lowest BCUT2D eigenvalue weighted by Gasteiger charge is -2.19. The van der Waals surface area contributed by atoms with E-state index in [1.807, 2.05) is 0 Å². The molecule has 0 bridgehead atoms. The highest BCUT2D eigenvalue weighted by Crippen LogP contribution is 2.45. The number of allylic oxidation sites excluding steroid dienone is 16. The second kappa shape index (κ2) is 52.0.